The van der Waals surface area contributed by atoms with E-state index in [0.717, 1.165) is 11.3 Å². The van der Waals surface area contributed by atoms with Gasteiger partial charge in [0, 0.05) is 58.2 Å². The maximum atomic E-state index is 13.4. The van der Waals surface area contributed by atoms with Crippen LogP contribution in [0.25, 0.3) is 0 Å². The molecule has 2 N–H and O–H groups in total. The molecule has 8 nitrogen and oxygen atoms in total. The van der Waals surface area contributed by atoms with E-state index >= 15 is 0 Å². The zero-order chi connectivity index (χ0) is 23.0. The van der Waals surface area contributed by atoms with Crippen LogP contribution in [0, 0.1) is 17.0 Å². The van der Waals surface area contributed by atoms with E-state index in [-0.39, 0.29) is 22.1 Å². The van der Waals surface area contributed by atoms with E-state index in [9.17, 15) is 19.7 Å². The number of aromatic nitrogens is 1. The summed E-state index contributed by atoms with van der Waals surface area (Å²) in [5.74, 6) is -1.01. The summed E-state index contributed by atoms with van der Waals surface area (Å²) in [4.78, 5) is 41.5. The number of amides is 1. The highest BCUT2D eigenvalue weighted by molar-refractivity contribution is 6.31. The number of rotatable bonds is 4. The van der Waals surface area contributed by atoms with Gasteiger partial charge >= 0.3 is 0 Å². The Morgan fingerprint density at radius 2 is 2.03 bits per heavy atom. The lowest BCUT2D eigenvalue weighted by Gasteiger charge is -2.34. The predicted octanol–water partition coefficient (Wildman–Crippen LogP) is 4.56. The average Bonchev–Trinajstić information content (AvgIpc) is 2.73. The van der Waals surface area contributed by atoms with Crippen LogP contribution in [0.15, 0.2) is 59.1 Å². The largest absolute Gasteiger partial charge is 0.362 e. The van der Waals surface area contributed by atoms with Crippen molar-refractivity contribution in [3.05, 3.63) is 85.3 Å². The van der Waals surface area contributed by atoms with E-state index in [1.165, 1.54) is 18.2 Å². The van der Waals surface area contributed by atoms with Crippen LogP contribution in [-0.4, -0.2) is 21.6 Å². The van der Waals surface area contributed by atoms with Gasteiger partial charge in [-0.05, 0) is 56.0 Å². The summed E-state index contributed by atoms with van der Waals surface area (Å²) in [6, 6.07) is 7.62. The van der Waals surface area contributed by atoms with Gasteiger partial charge in [0.15, 0.2) is 5.78 Å². The predicted molar refractivity (Wildman–Crippen MR) is 120 cm³/mol. The molecule has 0 bridgehead atoms. The van der Waals surface area contributed by atoms with Crippen LogP contribution in [0.1, 0.15) is 43.2 Å². The van der Waals surface area contributed by atoms with Gasteiger partial charge in [0.1, 0.15) is 5.82 Å². The molecule has 2 aromatic rings. The normalized spacial score (nSPS) is 18.2. The molecule has 1 atom stereocenters. The SMILES string of the molecule is CC1=C(C(=O)Nc2cc(C)ccn2)[C@@H](c2cc([N+](=O)[O-])ccc2Cl)C2=C(CCCC2=O)N1. The Kier molecular flexibility index (Phi) is 5.80. The minimum Gasteiger partial charge on any atom is -0.362 e. The van der Waals surface area contributed by atoms with Crippen molar-refractivity contribution in [3.8, 4) is 0 Å². The zero-order valence-corrected chi connectivity index (χ0v) is 18.3. The Balaban J connectivity index is 1.86. The van der Waals surface area contributed by atoms with E-state index in [4.69, 9.17) is 11.6 Å². The van der Waals surface area contributed by atoms with Gasteiger partial charge < -0.3 is 10.6 Å². The second kappa shape index (κ2) is 8.55. The highest BCUT2D eigenvalue weighted by atomic mass is 35.5. The molecule has 32 heavy (non-hydrogen) atoms. The van der Waals surface area contributed by atoms with Gasteiger partial charge in [0.05, 0.1) is 4.92 Å². The van der Waals surface area contributed by atoms with Gasteiger partial charge in [-0.25, -0.2) is 4.98 Å². The van der Waals surface area contributed by atoms with Crippen LogP contribution in [0.5, 0.6) is 0 Å². The van der Waals surface area contributed by atoms with Crippen LogP contribution in [0.4, 0.5) is 11.5 Å². The lowest BCUT2D eigenvalue weighted by Crippen LogP contribution is -2.35. The third-order valence-corrected chi connectivity index (χ3v) is 6.02. The van der Waals surface area contributed by atoms with Crippen molar-refractivity contribution in [2.75, 3.05) is 5.32 Å². The molecular formula is C23H21ClN4O4. The van der Waals surface area contributed by atoms with Crippen molar-refractivity contribution in [2.24, 2.45) is 0 Å². The Morgan fingerprint density at radius 3 is 2.75 bits per heavy atom. The number of anilines is 1. The molecule has 1 amide bonds. The smallest absolute Gasteiger partial charge is 0.269 e. The molecule has 0 saturated carbocycles. The fourth-order valence-corrected chi connectivity index (χ4v) is 4.48. The first-order valence-electron chi connectivity index (χ1n) is 10.2. The number of aryl methyl sites for hydroxylation is 1. The molecule has 0 spiro atoms. The third kappa shape index (κ3) is 4.01. The van der Waals surface area contributed by atoms with E-state index < -0.39 is 16.7 Å². The monoisotopic (exact) mass is 452 g/mol. The number of halogens is 1. The van der Waals surface area contributed by atoms with Gasteiger partial charge in [-0.15, -0.1) is 0 Å². The number of carbonyl (C=O) groups is 2. The third-order valence-electron chi connectivity index (χ3n) is 5.68. The van der Waals surface area contributed by atoms with Crippen LogP contribution in [0.2, 0.25) is 5.02 Å². The quantitative estimate of drug-likeness (QED) is 0.519. The number of nitrogens with zero attached hydrogens (tertiary/aromatic N) is 2. The number of allylic oxidation sites excluding steroid dienone is 3. The fourth-order valence-electron chi connectivity index (χ4n) is 4.25. The minimum atomic E-state index is -0.823. The standard InChI is InChI=1S/C23H21ClN4O4/c1-12-8-9-25-19(10-12)27-23(30)20-13(2)26-17-4-3-5-18(29)22(17)21(20)15-11-14(28(31)32)6-7-16(15)24/h6-11,21,26H,3-5H2,1-2H3,(H,25,27,30)/t21-/m1/s1. The summed E-state index contributed by atoms with van der Waals surface area (Å²) in [7, 11) is 0. The zero-order valence-electron chi connectivity index (χ0n) is 17.6. The molecule has 2 aliphatic rings. The fraction of sp³-hybridized carbons (Fsp3) is 0.261. The molecule has 2 heterocycles. The Labute approximate surface area is 189 Å². The molecule has 0 unspecified atom stereocenters. The minimum absolute atomic E-state index is 0.0993. The maximum absolute atomic E-state index is 13.4. The molecule has 1 aromatic heterocycles. The summed E-state index contributed by atoms with van der Waals surface area (Å²) in [5, 5.41) is 17.7. The van der Waals surface area contributed by atoms with E-state index in [0.29, 0.717) is 41.9 Å². The molecule has 0 radical (unpaired) electrons. The van der Waals surface area contributed by atoms with Crippen molar-refractivity contribution in [1.29, 1.82) is 0 Å². The number of pyridine rings is 1. The van der Waals surface area contributed by atoms with Gasteiger partial charge in [-0.2, -0.15) is 0 Å². The lowest BCUT2D eigenvalue weighted by molar-refractivity contribution is -0.384. The van der Waals surface area contributed by atoms with Gasteiger partial charge in [-0.1, -0.05) is 11.6 Å². The lowest BCUT2D eigenvalue weighted by atomic mass is 9.75. The highest BCUT2D eigenvalue weighted by Gasteiger charge is 2.40. The summed E-state index contributed by atoms with van der Waals surface area (Å²) >= 11 is 6.47. The number of Topliss-reactive ketones (excluding diaryl/α,β-unsaturated/α-hetero) is 1. The van der Waals surface area contributed by atoms with Gasteiger partial charge in [0.25, 0.3) is 11.6 Å². The number of hydrogen-bond acceptors (Lipinski definition) is 6. The first-order valence-corrected chi connectivity index (χ1v) is 10.6. The number of ketones is 1. The van der Waals surface area contributed by atoms with Gasteiger partial charge in [-0.3, -0.25) is 19.7 Å². The Bertz CT molecular complexity index is 1220. The first kappa shape index (κ1) is 21.7. The molecular weight excluding hydrogens is 432 g/mol. The number of hydrogen-bond donors (Lipinski definition) is 2. The second-order valence-corrected chi connectivity index (χ2v) is 8.31. The molecule has 4 rings (SSSR count). The number of non-ortho nitro benzene ring substituents is 1. The summed E-state index contributed by atoms with van der Waals surface area (Å²) in [6.45, 7) is 3.63. The van der Waals surface area contributed by atoms with Crippen LogP contribution >= 0.6 is 11.6 Å². The number of dihydropyridines is 1. The molecule has 0 saturated heterocycles. The van der Waals surface area contributed by atoms with Crippen molar-refractivity contribution in [3.63, 3.8) is 0 Å². The Hall–Kier alpha value is -3.52. The van der Waals surface area contributed by atoms with E-state index in [1.54, 1.807) is 19.2 Å². The van der Waals surface area contributed by atoms with Crippen LogP contribution in [-0.2, 0) is 9.59 Å². The number of benzene rings is 1. The Morgan fingerprint density at radius 1 is 1.25 bits per heavy atom. The maximum Gasteiger partial charge on any atom is 0.269 e. The van der Waals surface area contributed by atoms with E-state index in [2.05, 4.69) is 15.6 Å². The molecule has 1 aliphatic carbocycles. The summed E-state index contributed by atoms with van der Waals surface area (Å²) in [6.07, 6.45) is 3.28. The van der Waals surface area contributed by atoms with Crippen molar-refractivity contribution in [1.82, 2.24) is 10.3 Å². The molecule has 1 aromatic carbocycles. The topological polar surface area (TPSA) is 114 Å². The van der Waals surface area contributed by atoms with Crippen LogP contribution < -0.4 is 10.6 Å². The number of carbonyl (C=O) groups excluding carboxylic acids is 2. The molecule has 9 heteroatoms. The van der Waals surface area contributed by atoms with Gasteiger partial charge in [0.2, 0.25) is 0 Å². The van der Waals surface area contributed by atoms with Crippen LogP contribution in [0.3, 0.4) is 0 Å². The highest BCUT2D eigenvalue weighted by Crippen LogP contribution is 2.45. The first-order chi connectivity index (χ1) is 15.3. The molecule has 164 valence electrons. The molecule has 1 aliphatic heterocycles. The number of nitrogens with one attached hydrogen (secondary N) is 2. The summed E-state index contributed by atoms with van der Waals surface area (Å²) in [5.41, 5.74) is 3.13. The van der Waals surface area contributed by atoms with E-state index in [1.807, 2.05) is 13.0 Å². The molecule has 0 fully saturated rings. The average molecular weight is 453 g/mol. The second-order valence-electron chi connectivity index (χ2n) is 7.90. The van der Waals surface area contributed by atoms with Crippen molar-refractivity contribution >= 4 is 34.8 Å². The van der Waals surface area contributed by atoms with Crippen molar-refractivity contribution in [2.45, 2.75) is 39.0 Å². The van der Waals surface area contributed by atoms with Crippen molar-refractivity contribution < 1.29 is 14.5 Å². The number of nitro benzene ring substituents is 1. The number of nitro groups is 1. The summed E-state index contributed by atoms with van der Waals surface area (Å²) < 4.78 is 0.